The summed E-state index contributed by atoms with van der Waals surface area (Å²) in [6.45, 7) is 3.45. The first-order valence-electron chi connectivity index (χ1n) is 7.55. The zero-order valence-electron chi connectivity index (χ0n) is 13.5. The number of hydrogen-bond donors (Lipinski definition) is 0. The molecule has 1 aromatic heterocycles. The number of rotatable bonds is 6. The highest BCUT2D eigenvalue weighted by Gasteiger charge is 2.18. The van der Waals surface area contributed by atoms with Gasteiger partial charge in [-0.3, -0.25) is 9.59 Å². The van der Waals surface area contributed by atoms with Gasteiger partial charge in [-0.2, -0.15) is 0 Å². The maximum absolute atomic E-state index is 12.1. The van der Waals surface area contributed by atoms with Crippen molar-refractivity contribution in [2.45, 2.75) is 26.7 Å². The number of aryl methyl sites for hydroxylation is 2. The molecule has 2 aromatic rings. The molecule has 0 aliphatic carbocycles. The van der Waals surface area contributed by atoms with E-state index in [0.717, 1.165) is 11.3 Å². The Bertz CT molecular complexity index is 760. The molecular weight excluding hydrogens is 314 g/mol. The molecule has 0 spiro atoms. The van der Waals surface area contributed by atoms with Gasteiger partial charge in [-0.1, -0.05) is 5.16 Å². The number of carbonyl (C=O) groups excluding carboxylic acids is 2. The number of esters is 1. The number of aromatic nitrogens is 1. The monoisotopic (exact) mass is 331 g/mol. The highest BCUT2D eigenvalue weighted by Crippen LogP contribution is 2.32. The normalized spacial score (nSPS) is 12.2. The molecule has 0 radical (unpaired) electrons. The minimum absolute atomic E-state index is 0.143. The highest BCUT2D eigenvalue weighted by atomic mass is 16.7. The van der Waals surface area contributed by atoms with Gasteiger partial charge in [0.25, 0.3) is 0 Å². The van der Waals surface area contributed by atoms with E-state index in [-0.39, 0.29) is 25.6 Å². The van der Waals surface area contributed by atoms with Crippen molar-refractivity contribution in [1.82, 2.24) is 5.16 Å². The summed E-state index contributed by atoms with van der Waals surface area (Å²) in [6.07, 6.45) is 0.634. The van der Waals surface area contributed by atoms with E-state index in [1.807, 2.05) is 6.92 Å². The average molecular weight is 331 g/mol. The van der Waals surface area contributed by atoms with Crippen molar-refractivity contribution in [3.8, 4) is 11.5 Å². The second-order valence-electron chi connectivity index (χ2n) is 5.45. The standard InChI is InChI=1S/C17H17NO6/c1-10-13(11(2)24-18-10)4-6-17(20)21-8-14(19)12-3-5-15-16(7-12)23-9-22-15/h3,5,7H,4,6,8-9H2,1-2H3. The van der Waals surface area contributed by atoms with Crippen LogP contribution >= 0.6 is 0 Å². The van der Waals surface area contributed by atoms with Crippen LogP contribution < -0.4 is 9.47 Å². The van der Waals surface area contributed by atoms with Gasteiger partial charge in [0.1, 0.15) is 5.76 Å². The molecular formula is C17H17NO6. The van der Waals surface area contributed by atoms with E-state index in [4.69, 9.17) is 18.7 Å². The molecule has 7 nitrogen and oxygen atoms in total. The first kappa shape index (κ1) is 16.0. The summed E-state index contributed by atoms with van der Waals surface area (Å²) in [5, 5.41) is 3.83. The molecule has 3 rings (SSSR count). The molecule has 1 aliphatic rings. The van der Waals surface area contributed by atoms with E-state index in [9.17, 15) is 9.59 Å². The smallest absolute Gasteiger partial charge is 0.306 e. The van der Waals surface area contributed by atoms with Crippen LogP contribution in [0.2, 0.25) is 0 Å². The van der Waals surface area contributed by atoms with Crippen molar-refractivity contribution >= 4 is 11.8 Å². The Kier molecular flexibility index (Phi) is 4.50. The summed E-state index contributed by atoms with van der Waals surface area (Å²) in [5.41, 5.74) is 2.07. The lowest BCUT2D eigenvalue weighted by molar-refractivity contribution is -0.142. The summed E-state index contributed by atoms with van der Waals surface area (Å²) in [7, 11) is 0. The lowest BCUT2D eigenvalue weighted by Gasteiger charge is -2.05. The Labute approximate surface area is 138 Å². The fourth-order valence-corrected chi connectivity index (χ4v) is 2.46. The number of benzene rings is 1. The fraction of sp³-hybridized carbons (Fsp3) is 0.353. The second kappa shape index (κ2) is 6.74. The summed E-state index contributed by atoms with van der Waals surface area (Å²) in [5.74, 6) is 1.08. The third-order valence-electron chi connectivity index (χ3n) is 3.82. The third-order valence-corrected chi connectivity index (χ3v) is 3.82. The van der Waals surface area contributed by atoms with Crippen LogP contribution in [0.4, 0.5) is 0 Å². The van der Waals surface area contributed by atoms with Crippen molar-refractivity contribution in [2.75, 3.05) is 13.4 Å². The van der Waals surface area contributed by atoms with Gasteiger partial charge >= 0.3 is 5.97 Å². The van der Waals surface area contributed by atoms with Gasteiger partial charge in [0, 0.05) is 17.5 Å². The molecule has 24 heavy (non-hydrogen) atoms. The number of nitrogens with zero attached hydrogens (tertiary/aromatic N) is 1. The van der Waals surface area contributed by atoms with Crippen LogP contribution in [0, 0.1) is 13.8 Å². The van der Waals surface area contributed by atoms with Crippen molar-refractivity contribution in [3.63, 3.8) is 0 Å². The van der Waals surface area contributed by atoms with E-state index < -0.39 is 5.97 Å². The van der Waals surface area contributed by atoms with Gasteiger partial charge in [0.15, 0.2) is 23.9 Å². The van der Waals surface area contributed by atoms with Gasteiger partial charge in [-0.15, -0.1) is 0 Å². The zero-order valence-corrected chi connectivity index (χ0v) is 13.5. The van der Waals surface area contributed by atoms with E-state index >= 15 is 0 Å². The fourth-order valence-electron chi connectivity index (χ4n) is 2.46. The van der Waals surface area contributed by atoms with Crippen molar-refractivity contribution < 1.29 is 28.3 Å². The lowest BCUT2D eigenvalue weighted by atomic mass is 10.1. The van der Waals surface area contributed by atoms with E-state index in [1.54, 1.807) is 25.1 Å². The van der Waals surface area contributed by atoms with Gasteiger partial charge in [-0.25, -0.2) is 0 Å². The Morgan fingerprint density at radius 3 is 2.75 bits per heavy atom. The minimum Gasteiger partial charge on any atom is -0.457 e. The first-order chi connectivity index (χ1) is 11.5. The molecule has 7 heteroatoms. The second-order valence-corrected chi connectivity index (χ2v) is 5.45. The average Bonchev–Trinajstić information content (AvgIpc) is 3.17. The van der Waals surface area contributed by atoms with Crippen LogP contribution in [0.3, 0.4) is 0 Å². The minimum atomic E-state index is -0.441. The van der Waals surface area contributed by atoms with Crippen LogP contribution in [0.25, 0.3) is 0 Å². The number of carbonyl (C=O) groups is 2. The summed E-state index contributed by atoms with van der Waals surface area (Å²) >= 11 is 0. The molecule has 0 fully saturated rings. The van der Waals surface area contributed by atoms with Crippen molar-refractivity contribution in [2.24, 2.45) is 0 Å². The maximum atomic E-state index is 12.1. The summed E-state index contributed by atoms with van der Waals surface area (Å²) < 4.78 is 20.5. The van der Waals surface area contributed by atoms with E-state index in [2.05, 4.69) is 5.16 Å². The predicted molar refractivity (Wildman–Crippen MR) is 82.2 cm³/mol. The molecule has 0 atom stereocenters. The van der Waals surface area contributed by atoms with Crippen LogP contribution in [-0.4, -0.2) is 30.3 Å². The highest BCUT2D eigenvalue weighted by molar-refractivity contribution is 5.98. The predicted octanol–water partition coefficient (Wildman–Crippen LogP) is 2.38. The largest absolute Gasteiger partial charge is 0.457 e. The van der Waals surface area contributed by atoms with Crippen LogP contribution in [0.15, 0.2) is 22.7 Å². The molecule has 2 heterocycles. The van der Waals surface area contributed by atoms with Crippen molar-refractivity contribution in [1.29, 1.82) is 0 Å². The van der Waals surface area contributed by atoms with Crippen LogP contribution in [-0.2, 0) is 16.0 Å². The topological polar surface area (TPSA) is 87.9 Å². The lowest BCUT2D eigenvalue weighted by Crippen LogP contribution is -2.14. The zero-order chi connectivity index (χ0) is 17.1. The van der Waals surface area contributed by atoms with Crippen LogP contribution in [0.1, 0.15) is 33.8 Å². The molecule has 1 aromatic carbocycles. The molecule has 0 amide bonds. The maximum Gasteiger partial charge on any atom is 0.306 e. The Balaban J connectivity index is 1.50. The Hall–Kier alpha value is -2.83. The molecule has 0 unspecified atom stereocenters. The molecule has 0 bridgehead atoms. The molecule has 0 saturated carbocycles. The first-order valence-corrected chi connectivity index (χ1v) is 7.55. The van der Waals surface area contributed by atoms with Crippen molar-refractivity contribution in [3.05, 3.63) is 40.8 Å². The van der Waals surface area contributed by atoms with Gasteiger partial charge in [0.05, 0.1) is 5.69 Å². The Morgan fingerprint density at radius 1 is 1.21 bits per heavy atom. The molecule has 1 aliphatic heterocycles. The van der Waals surface area contributed by atoms with Crippen LogP contribution in [0.5, 0.6) is 11.5 Å². The molecule has 0 saturated heterocycles. The van der Waals surface area contributed by atoms with Gasteiger partial charge < -0.3 is 18.7 Å². The van der Waals surface area contributed by atoms with Gasteiger partial charge in [-0.05, 0) is 38.5 Å². The third kappa shape index (κ3) is 3.40. The SMILES string of the molecule is Cc1noc(C)c1CCC(=O)OCC(=O)c1ccc2c(c1)OCO2. The number of hydrogen-bond acceptors (Lipinski definition) is 7. The molecule has 0 N–H and O–H groups in total. The molecule has 126 valence electrons. The summed E-state index contributed by atoms with van der Waals surface area (Å²) in [6, 6.07) is 4.87. The number of fused-ring (bicyclic) bond motifs is 1. The van der Waals surface area contributed by atoms with Gasteiger partial charge in [0.2, 0.25) is 6.79 Å². The quantitative estimate of drug-likeness (QED) is 0.593. The number of ether oxygens (including phenoxy) is 3. The summed E-state index contributed by atoms with van der Waals surface area (Å²) in [4.78, 5) is 23.9. The van der Waals surface area contributed by atoms with E-state index in [1.165, 1.54) is 0 Å². The Morgan fingerprint density at radius 2 is 2.00 bits per heavy atom. The number of Topliss-reactive ketones (excluding diaryl/α,β-unsaturated/α-hetero) is 1. The number of ketones is 1. The van der Waals surface area contributed by atoms with E-state index in [0.29, 0.717) is 29.2 Å².